The predicted molar refractivity (Wildman–Crippen MR) is 162 cm³/mol. The van der Waals surface area contributed by atoms with E-state index in [9.17, 15) is 4.79 Å². The lowest BCUT2D eigenvalue weighted by Gasteiger charge is -2.29. The second kappa shape index (κ2) is 11.6. The Morgan fingerprint density at radius 3 is 2.46 bits per heavy atom. The van der Waals surface area contributed by atoms with Crippen LogP contribution in [0.5, 0.6) is 5.75 Å². The van der Waals surface area contributed by atoms with Gasteiger partial charge in [-0.25, -0.2) is 4.68 Å². The van der Waals surface area contributed by atoms with Gasteiger partial charge in [0.05, 0.1) is 10.6 Å². The molecule has 0 unspecified atom stereocenters. The maximum absolute atomic E-state index is 13.5. The molecule has 1 saturated carbocycles. The zero-order chi connectivity index (χ0) is 26.6. The lowest BCUT2D eigenvalue weighted by atomic mass is 9.94. The topological polar surface area (TPSA) is 47.4 Å². The molecular formula is C32H29N3O2S2. The first-order valence-corrected chi connectivity index (χ1v) is 14.6. The average Bonchev–Trinajstić information content (AvgIpc) is 3.53. The Kier molecular flexibility index (Phi) is 7.61. The second-order valence-corrected chi connectivity index (χ2v) is 11.5. The molecule has 2 fully saturated rings. The third-order valence-electron chi connectivity index (χ3n) is 7.17. The summed E-state index contributed by atoms with van der Waals surface area (Å²) in [5.74, 6) is 0.774. The van der Waals surface area contributed by atoms with Crippen LogP contribution in [0.25, 0.3) is 23.0 Å². The number of para-hydroxylation sites is 1. The van der Waals surface area contributed by atoms with Crippen LogP contribution in [0.4, 0.5) is 0 Å². The molecule has 3 aromatic carbocycles. The highest BCUT2D eigenvalue weighted by molar-refractivity contribution is 8.26. The van der Waals surface area contributed by atoms with E-state index in [1.807, 2.05) is 107 Å². The normalized spacial score (nSPS) is 17.2. The van der Waals surface area contributed by atoms with Crippen molar-refractivity contribution in [3.8, 4) is 22.7 Å². The molecule has 4 aromatic rings. The van der Waals surface area contributed by atoms with Gasteiger partial charge in [-0.15, -0.1) is 0 Å². The van der Waals surface area contributed by atoms with E-state index in [0.29, 0.717) is 15.8 Å². The molecule has 0 spiro atoms. The van der Waals surface area contributed by atoms with E-state index in [1.54, 1.807) is 0 Å². The van der Waals surface area contributed by atoms with E-state index in [0.717, 1.165) is 59.5 Å². The summed E-state index contributed by atoms with van der Waals surface area (Å²) in [6.45, 7) is 0.485. The van der Waals surface area contributed by atoms with Gasteiger partial charge in [0.25, 0.3) is 5.91 Å². The number of ether oxygens (including phenoxy) is 1. The molecule has 1 saturated heterocycles. The zero-order valence-corrected chi connectivity index (χ0v) is 23.2. The molecule has 196 valence electrons. The number of thiocarbonyl (C=S) groups is 1. The Labute approximate surface area is 238 Å². The molecule has 0 bridgehead atoms. The Morgan fingerprint density at radius 1 is 0.949 bits per heavy atom. The Hall–Kier alpha value is -3.68. The number of carbonyl (C=O) groups excluding carboxylic acids is 1. The van der Waals surface area contributed by atoms with Crippen molar-refractivity contribution in [2.75, 3.05) is 0 Å². The number of hydrogen-bond acceptors (Lipinski definition) is 5. The van der Waals surface area contributed by atoms with Crippen LogP contribution < -0.4 is 4.74 Å². The second-order valence-electron chi connectivity index (χ2n) is 9.86. The number of carbonyl (C=O) groups is 1. The number of thioether (sulfide) groups is 1. The van der Waals surface area contributed by atoms with Crippen LogP contribution in [-0.4, -0.2) is 30.9 Å². The summed E-state index contributed by atoms with van der Waals surface area (Å²) in [4.78, 5) is 16.0. The molecule has 1 aromatic heterocycles. The average molecular weight is 552 g/mol. The lowest BCUT2D eigenvalue weighted by molar-refractivity contribution is -0.124. The van der Waals surface area contributed by atoms with Gasteiger partial charge in [0.1, 0.15) is 22.4 Å². The summed E-state index contributed by atoms with van der Waals surface area (Å²) in [6.07, 6.45) is 9.50. The minimum Gasteiger partial charge on any atom is -0.489 e. The first-order valence-electron chi connectivity index (χ1n) is 13.3. The molecule has 1 aliphatic heterocycles. The van der Waals surface area contributed by atoms with Gasteiger partial charge >= 0.3 is 0 Å². The highest BCUT2D eigenvalue weighted by Gasteiger charge is 2.37. The zero-order valence-electron chi connectivity index (χ0n) is 21.5. The Bertz CT molecular complexity index is 1510. The highest BCUT2D eigenvalue weighted by Crippen LogP contribution is 2.38. The standard InChI is InChI=1S/C32H29N3O2S2/c36-31-29(39-32(38)35(31)27-16-8-3-9-17-27)20-25-21-34(26-14-6-2-7-15-26)33-30(25)24-13-10-18-28(19-24)37-22-23-11-4-1-5-12-23/h1-2,4-7,10-15,18-21,27H,3,8-9,16-17,22H2/b29-20-. The van der Waals surface area contributed by atoms with Gasteiger partial charge in [0, 0.05) is 23.4 Å². The van der Waals surface area contributed by atoms with Gasteiger partial charge in [0.15, 0.2) is 0 Å². The van der Waals surface area contributed by atoms with E-state index in [-0.39, 0.29) is 11.9 Å². The van der Waals surface area contributed by atoms with Crippen molar-refractivity contribution < 1.29 is 9.53 Å². The van der Waals surface area contributed by atoms with Crippen molar-refractivity contribution in [2.45, 2.75) is 44.8 Å². The Balaban J connectivity index is 1.34. The molecule has 0 N–H and O–H groups in total. The highest BCUT2D eigenvalue weighted by atomic mass is 32.2. The van der Waals surface area contributed by atoms with E-state index in [1.165, 1.54) is 18.2 Å². The summed E-state index contributed by atoms with van der Waals surface area (Å²) in [7, 11) is 0. The smallest absolute Gasteiger partial charge is 0.266 e. The molecule has 2 aliphatic rings. The summed E-state index contributed by atoms with van der Waals surface area (Å²) in [6, 6.07) is 28.3. The molecular weight excluding hydrogens is 523 g/mol. The van der Waals surface area contributed by atoms with Crippen molar-refractivity contribution in [3.05, 3.63) is 107 Å². The molecule has 5 nitrogen and oxygen atoms in total. The van der Waals surface area contributed by atoms with Gasteiger partial charge in [-0.2, -0.15) is 5.10 Å². The van der Waals surface area contributed by atoms with E-state index in [4.69, 9.17) is 22.1 Å². The van der Waals surface area contributed by atoms with Crippen LogP contribution in [0, 0.1) is 0 Å². The van der Waals surface area contributed by atoms with E-state index < -0.39 is 0 Å². The summed E-state index contributed by atoms with van der Waals surface area (Å²) in [5.41, 5.74) is 4.63. The quantitative estimate of drug-likeness (QED) is 0.174. The van der Waals surface area contributed by atoms with Crippen molar-refractivity contribution in [1.29, 1.82) is 0 Å². The monoisotopic (exact) mass is 551 g/mol. The summed E-state index contributed by atoms with van der Waals surface area (Å²) < 4.78 is 8.62. The Morgan fingerprint density at radius 2 is 1.69 bits per heavy atom. The maximum atomic E-state index is 13.5. The number of amides is 1. The van der Waals surface area contributed by atoms with Crippen molar-refractivity contribution in [2.24, 2.45) is 0 Å². The van der Waals surface area contributed by atoms with Gasteiger partial charge in [-0.05, 0) is 48.7 Å². The molecule has 0 atom stereocenters. The molecule has 1 aliphatic carbocycles. The van der Waals surface area contributed by atoms with Crippen molar-refractivity contribution in [3.63, 3.8) is 0 Å². The van der Waals surface area contributed by atoms with Gasteiger partial charge in [0.2, 0.25) is 0 Å². The van der Waals surface area contributed by atoms with Crippen LogP contribution in [0.3, 0.4) is 0 Å². The van der Waals surface area contributed by atoms with E-state index >= 15 is 0 Å². The summed E-state index contributed by atoms with van der Waals surface area (Å²) >= 11 is 7.07. The first-order chi connectivity index (χ1) is 19.2. The number of nitrogens with zero attached hydrogens (tertiary/aromatic N) is 3. The SMILES string of the molecule is O=C1/C(=C/c2cn(-c3ccccc3)nc2-c2cccc(OCc3ccccc3)c2)SC(=S)N1C1CCCCC1. The fourth-order valence-electron chi connectivity index (χ4n) is 5.18. The fraction of sp³-hybridized carbons (Fsp3) is 0.219. The third-order valence-corrected chi connectivity index (χ3v) is 8.50. The third kappa shape index (κ3) is 5.70. The van der Waals surface area contributed by atoms with Crippen LogP contribution in [0.1, 0.15) is 43.2 Å². The maximum Gasteiger partial charge on any atom is 0.266 e. The molecule has 1 amide bonds. The largest absolute Gasteiger partial charge is 0.489 e. The van der Waals surface area contributed by atoms with Gasteiger partial charge in [-0.1, -0.05) is 104 Å². The van der Waals surface area contributed by atoms with Gasteiger partial charge < -0.3 is 4.74 Å². The van der Waals surface area contributed by atoms with Crippen molar-refractivity contribution >= 4 is 40.3 Å². The van der Waals surface area contributed by atoms with Crippen LogP contribution >= 0.6 is 24.0 Å². The van der Waals surface area contributed by atoms with Crippen LogP contribution in [0.2, 0.25) is 0 Å². The minimum absolute atomic E-state index is 0.00950. The first kappa shape index (κ1) is 25.6. The van der Waals surface area contributed by atoms with Crippen LogP contribution in [0.15, 0.2) is 96.0 Å². The van der Waals surface area contributed by atoms with Gasteiger partial charge in [-0.3, -0.25) is 9.69 Å². The number of rotatable bonds is 7. The molecule has 0 radical (unpaired) electrons. The number of benzene rings is 3. The molecule has 7 heteroatoms. The van der Waals surface area contributed by atoms with Crippen molar-refractivity contribution in [1.82, 2.24) is 14.7 Å². The molecule has 6 rings (SSSR count). The summed E-state index contributed by atoms with van der Waals surface area (Å²) in [5, 5.41) is 4.95. The predicted octanol–water partition coefficient (Wildman–Crippen LogP) is 7.65. The number of aromatic nitrogens is 2. The molecule has 39 heavy (non-hydrogen) atoms. The van der Waals surface area contributed by atoms with Crippen LogP contribution in [-0.2, 0) is 11.4 Å². The fourth-order valence-corrected chi connectivity index (χ4v) is 6.57. The number of hydrogen-bond donors (Lipinski definition) is 0. The van der Waals surface area contributed by atoms with E-state index in [2.05, 4.69) is 0 Å². The minimum atomic E-state index is 0.00950. The lowest BCUT2D eigenvalue weighted by Crippen LogP contribution is -2.39. The molecule has 2 heterocycles.